The lowest BCUT2D eigenvalue weighted by Gasteiger charge is -2.20. The van der Waals surface area contributed by atoms with Crippen LogP contribution in [0.15, 0.2) is 461 Å². The molecule has 0 heterocycles. The van der Waals surface area contributed by atoms with Gasteiger partial charge in [0.15, 0.2) is 0 Å². The SMILES string of the molecule is c1cc(-c2ccc3ccccc3c2)cc(-c2c3ccccc3c(-c3ccc4ccccc4c3)c3ccccc23)c1.c1cc(-c2cccc3ccccc23)cc(-c2c3ccccc3c(-c3cc4ccccc4c4ccccc34)c3ccccc23)c1.c1ccc(-c2c3ccccc3c(-c3cc4ccccc4c4ccccc34)c3ccccc23)cc1. The smallest absolute Gasteiger partial charge is 0.00199 e. The Labute approximate surface area is 685 Å². The molecule has 0 aliphatic rings. The van der Waals surface area contributed by atoms with Gasteiger partial charge in [0, 0.05) is 0 Å². The largest absolute Gasteiger partial charge is 0.0622 e. The highest BCUT2D eigenvalue weighted by Crippen LogP contribution is 2.51. The Hall–Kier alpha value is -15.3. The topological polar surface area (TPSA) is 0 Å². The first-order chi connectivity index (χ1) is 58.6. The van der Waals surface area contributed by atoms with Crippen LogP contribution in [0.1, 0.15) is 0 Å². The molecule has 548 valence electrons. The second-order valence-electron chi connectivity index (χ2n) is 31.1. The summed E-state index contributed by atoms with van der Waals surface area (Å²) in [6.45, 7) is 0. The molecule has 0 unspecified atom stereocenters. The number of rotatable bonds is 8. The molecule has 0 bridgehead atoms. The van der Waals surface area contributed by atoms with Gasteiger partial charge in [-0.25, -0.2) is 0 Å². The van der Waals surface area contributed by atoms with E-state index in [-0.39, 0.29) is 0 Å². The van der Waals surface area contributed by atoms with Crippen molar-refractivity contribution >= 4 is 140 Å². The second kappa shape index (κ2) is 29.6. The molecule has 0 aromatic heterocycles. The van der Waals surface area contributed by atoms with Crippen molar-refractivity contribution in [3.8, 4) is 89.0 Å². The highest BCUT2D eigenvalue weighted by molar-refractivity contribution is 6.29. The minimum atomic E-state index is 1.23. The molecule has 24 aromatic rings. The Balaban J connectivity index is 0.000000108. The molecule has 0 amide bonds. The van der Waals surface area contributed by atoms with Crippen LogP contribution in [0.5, 0.6) is 0 Å². The molecule has 0 atom stereocenters. The van der Waals surface area contributed by atoms with Crippen molar-refractivity contribution in [2.75, 3.05) is 0 Å². The lowest BCUT2D eigenvalue weighted by atomic mass is 9.83. The average Bonchev–Trinajstić information content (AvgIpc) is 0.730. The van der Waals surface area contributed by atoms with Crippen LogP contribution >= 0.6 is 0 Å². The molecule has 0 nitrogen and oxygen atoms in total. The summed E-state index contributed by atoms with van der Waals surface area (Å²) >= 11 is 0. The lowest BCUT2D eigenvalue weighted by molar-refractivity contribution is 1.63. The number of benzene rings is 24. The van der Waals surface area contributed by atoms with E-state index < -0.39 is 0 Å². The van der Waals surface area contributed by atoms with Crippen molar-refractivity contribution in [1.29, 1.82) is 0 Å². The molecule has 24 aromatic carbocycles. The van der Waals surface area contributed by atoms with Gasteiger partial charge in [0.2, 0.25) is 0 Å². The fourth-order valence-corrected chi connectivity index (χ4v) is 19.2. The van der Waals surface area contributed by atoms with Crippen molar-refractivity contribution < 1.29 is 0 Å². The van der Waals surface area contributed by atoms with Crippen molar-refractivity contribution in [3.05, 3.63) is 461 Å². The van der Waals surface area contributed by atoms with Crippen molar-refractivity contribution in [1.82, 2.24) is 0 Å². The van der Waals surface area contributed by atoms with E-state index in [1.54, 1.807) is 0 Å². The van der Waals surface area contributed by atoms with Crippen LogP contribution in [0.2, 0.25) is 0 Å². The Kier molecular flexibility index (Phi) is 17.4. The van der Waals surface area contributed by atoms with Gasteiger partial charge in [-0.15, -0.1) is 0 Å². The van der Waals surface area contributed by atoms with Crippen LogP contribution in [0, 0.1) is 0 Å². The van der Waals surface area contributed by atoms with Crippen LogP contribution in [0.25, 0.3) is 229 Å². The third-order valence-electron chi connectivity index (χ3n) is 24.5. The predicted octanol–water partition coefficient (Wildman–Crippen LogP) is 33.4. The average molecular weight is 1490 g/mol. The van der Waals surface area contributed by atoms with Crippen molar-refractivity contribution in [2.45, 2.75) is 0 Å². The van der Waals surface area contributed by atoms with Crippen LogP contribution in [-0.2, 0) is 0 Å². The third kappa shape index (κ3) is 12.1. The number of hydrogen-bond donors (Lipinski definition) is 0. The quantitative estimate of drug-likeness (QED) is 0.105. The molecule has 0 aliphatic heterocycles. The van der Waals surface area contributed by atoms with Crippen LogP contribution in [0.3, 0.4) is 0 Å². The summed E-state index contributed by atoms with van der Waals surface area (Å²) in [5.74, 6) is 0. The molecule has 0 N–H and O–H groups in total. The van der Waals surface area contributed by atoms with Crippen molar-refractivity contribution in [3.63, 3.8) is 0 Å². The molecule has 118 heavy (non-hydrogen) atoms. The van der Waals surface area contributed by atoms with Crippen molar-refractivity contribution in [2.24, 2.45) is 0 Å². The monoisotopic (exact) mass is 1490 g/mol. The Bertz CT molecular complexity index is 7950. The first-order valence-electron chi connectivity index (χ1n) is 40.9. The molecule has 0 aliphatic carbocycles. The summed E-state index contributed by atoms with van der Waals surface area (Å²) in [4.78, 5) is 0. The lowest BCUT2D eigenvalue weighted by Crippen LogP contribution is -1.92. The zero-order valence-corrected chi connectivity index (χ0v) is 64.9. The normalized spacial score (nSPS) is 11.6. The van der Waals surface area contributed by atoms with Gasteiger partial charge in [0.1, 0.15) is 0 Å². The van der Waals surface area contributed by atoms with Gasteiger partial charge in [-0.2, -0.15) is 0 Å². The predicted molar refractivity (Wildman–Crippen MR) is 510 cm³/mol. The third-order valence-corrected chi connectivity index (χ3v) is 24.5. The van der Waals surface area contributed by atoms with Gasteiger partial charge in [-0.05, 0) is 265 Å². The van der Waals surface area contributed by atoms with E-state index in [0.29, 0.717) is 0 Å². The molecule has 0 heteroatoms. The van der Waals surface area contributed by atoms with E-state index >= 15 is 0 Å². The first kappa shape index (κ1) is 69.4. The molecule has 0 fully saturated rings. The second-order valence-corrected chi connectivity index (χ2v) is 31.1. The summed E-state index contributed by atoms with van der Waals surface area (Å²) < 4.78 is 0. The zero-order chi connectivity index (χ0) is 78.0. The summed E-state index contributed by atoms with van der Waals surface area (Å²) in [6, 6.07) is 168. The molecule has 0 saturated heterocycles. The number of fused-ring (bicyclic) bond motifs is 15. The zero-order valence-electron chi connectivity index (χ0n) is 64.9. The highest BCUT2D eigenvalue weighted by Gasteiger charge is 2.24. The van der Waals surface area contributed by atoms with Gasteiger partial charge in [0.05, 0.1) is 0 Å². The fraction of sp³-hybridized carbons (Fsp3) is 0. The molecule has 0 spiro atoms. The van der Waals surface area contributed by atoms with E-state index in [4.69, 9.17) is 0 Å². The minimum absolute atomic E-state index is 1.23. The van der Waals surface area contributed by atoms with E-state index in [2.05, 4.69) is 461 Å². The van der Waals surface area contributed by atoms with Crippen LogP contribution < -0.4 is 0 Å². The van der Waals surface area contributed by atoms with Gasteiger partial charge < -0.3 is 0 Å². The van der Waals surface area contributed by atoms with Gasteiger partial charge in [-0.1, -0.05) is 425 Å². The molecule has 0 saturated carbocycles. The fourth-order valence-electron chi connectivity index (χ4n) is 19.2. The van der Waals surface area contributed by atoms with E-state index in [1.807, 2.05) is 0 Å². The number of hydrogen-bond acceptors (Lipinski definition) is 0. The Morgan fingerprint density at radius 1 is 0.0847 bits per heavy atom. The molecule has 24 rings (SSSR count). The maximum absolute atomic E-state index is 2.40. The summed E-state index contributed by atoms with van der Waals surface area (Å²) in [7, 11) is 0. The molecular formula is C118H76. The maximum Gasteiger partial charge on any atom is -0.00199 e. The Morgan fingerprint density at radius 2 is 0.331 bits per heavy atom. The van der Waals surface area contributed by atoms with Crippen LogP contribution in [0.4, 0.5) is 0 Å². The minimum Gasteiger partial charge on any atom is -0.0622 e. The van der Waals surface area contributed by atoms with Gasteiger partial charge in [-0.3, -0.25) is 0 Å². The maximum atomic E-state index is 2.40. The van der Waals surface area contributed by atoms with E-state index in [9.17, 15) is 0 Å². The van der Waals surface area contributed by atoms with Crippen LogP contribution in [-0.4, -0.2) is 0 Å². The first-order valence-corrected chi connectivity index (χ1v) is 40.9. The summed E-state index contributed by atoms with van der Waals surface area (Å²) in [5, 5.41) is 33.3. The Morgan fingerprint density at radius 3 is 0.754 bits per heavy atom. The summed E-state index contributed by atoms with van der Waals surface area (Å²) in [5.41, 5.74) is 20.3. The van der Waals surface area contributed by atoms with Gasteiger partial charge in [0.25, 0.3) is 0 Å². The molecule has 0 radical (unpaired) electrons. The molecular weight excluding hydrogens is 1420 g/mol. The van der Waals surface area contributed by atoms with E-state index in [1.165, 1.54) is 229 Å². The summed E-state index contributed by atoms with van der Waals surface area (Å²) in [6.07, 6.45) is 0. The highest BCUT2D eigenvalue weighted by atomic mass is 14.3. The van der Waals surface area contributed by atoms with Gasteiger partial charge >= 0.3 is 0 Å². The standard InChI is InChI=1S/C44H28.C40H26.C34H22/c1-3-18-33-29(13-1)15-12-26-34(33)30-16-11-17-32(27-30)43-38-22-7-9-24-40(38)44(41-25-10-8-23-39(41)43)42-28-31-14-2-4-19-35(31)36-20-5-6-21-37(36)42;1-3-12-29-24-32(22-20-27(29)10-1)31-14-9-15-33(26-31)39-35-16-5-7-18-37(35)40(38-19-8-6-17-36(38)39)34-23-21-28-11-2-4-13-30(28)25-34;1-2-12-23(13-3-1)33-28-18-8-10-20-30(28)34(31-21-11-9-19-29(31)33)32-22-24-14-4-5-15-25(24)26-16-6-7-17-27(26)32/h1-28H;1-26H;1-22H. The van der Waals surface area contributed by atoms with E-state index in [0.717, 1.165) is 0 Å².